The van der Waals surface area contributed by atoms with Crippen molar-refractivity contribution < 1.29 is 9.53 Å². The molecule has 192 valence electrons. The van der Waals surface area contributed by atoms with E-state index in [9.17, 15) is 4.79 Å². The molecule has 2 heterocycles. The lowest BCUT2D eigenvalue weighted by atomic mass is 9.88. The van der Waals surface area contributed by atoms with Crippen molar-refractivity contribution in [2.45, 2.75) is 45.4 Å². The van der Waals surface area contributed by atoms with Crippen molar-refractivity contribution in [1.29, 1.82) is 0 Å². The number of likely N-dealkylation sites (tertiary alicyclic amines) is 2. The number of aryl methyl sites for hydroxylation is 2. The molecule has 4 rings (SSSR count). The molecule has 2 saturated heterocycles. The molecule has 7 heteroatoms. The Morgan fingerprint density at radius 1 is 1.03 bits per heavy atom. The number of hydrogen-bond donors (Lipinski definition) is 1. The van der Waals surface area contributed by atoms with Gasteiger partial charge in [-0.3, -0.25) is 9.69 Å². The Bertz CT molecular complexity index is 955. The van der Waals surface area contributed by atoms with E-state index in [0.29, 0.717) is 24.1 Å². The Morgan fingerprint density at radius 3 is 2.37 bits per heavy atom. The van der Waals surface area contributed by atoms with Crippen LogP contribution in [0.5, 0.6) is 5.75 Å². The molecule has 0 bridgehead atoms. The van der Waals surface area contributed by atoms with Gasteiger partial charge in [0.25, 0.3) is 0 Å². The Morgan fingerprint density at radius 2 is 1.74 bits per heavy atom. The highest BCUT2D eigenvalue weighted by atomic mass is 35.5. The first kappa shape index (κ1) is 27.8. The van der Waals surface area contributed by atoms with E-state index in [1.807, 2.05) is 50.1 Å². The number of rotatable bonds is 7. The summed E-state index contributed by atoms with van der Waals surface area (Å²) < 4.78 is 6.13. The maximum absolute atomic E-state index is 12.0. The van der Waals surface area contributed by atoms with Gasteiger partial charge >= 0.3 is 0 Å². The summed E-state index contributed by atoms with van der Waals surface area (Å²) in [5, 5.41) is 4.51. The molecule has 35 heavy (non-hydrogen) atoms. The summed E-state index contributed by atoms with van der Waals surface area (Å²) in [6.07, 6.45) is 4.54. The molecular weight excluding hydrogens is 481 g/mol. The standard InChI is InChI=1S/C20H30ClN3O2.C8H9Cl/c1-22-15-20(25)24-10-6-16(7-11-24)18-5-4-17(21)14-19(18)26-13-12-23-8-2-3-9-23;1-6-3-4-7(2)8(9)5-6/h4-5,14,16,22H,2-3,6-13,15H2,1H3;3-5H,1-2H3. The number of benzene rings is 2. The summed E-state index contributed by atoms with van der Waals surface area (Å²) in [6.45, 7) is 10.1. The molecule has 2 aromatic rings. The normalized spacial score (nSPS) is 16.7. The molecule has 0 aromatic heterocycles. The fraction of sp³-hybridized carbons (Fsp3) is 0.536. The third-order valence-electron chi connectivity index (χ3n) is 6.78. The van der Waals surface area contributed by atoms with Crippen LogP contribution in [0.4, 0.5) is 0 Å². The van der Waals surface area contributed by atoms with Crippen LogP contribution in [-0.4, -0.2) is 68.6 Å². The van der Waals surface area contributed by atoms with Crippen LogP contribution in [-0.2, 0) is 4.79 Å². The summed E-state index contributed by atoms with van der Waals surface area (Å²) in [7, 11) is 1.81. The van der Waals surface area contributed by atoms with Crippen molar-refractivity contribution in [1.82, 2.24) is 15.1 Å². The Kier molecular flexibility index (Phi) is 11.2. The summed E-state index contributed by atoms with van der Waals surface area (Å²) in [5.41, 5.74) is 3.59. The number of nitrogens with zero attached hydrogens (tertiary/aromatic N) is 2. The van der Waals surface area contributed by atoms with Gasteiger partial charge in [-0.1, -0.05) is 41.4 Å². The van der Waals surface area contributed by atoms with E-state index in [-0.39, 0.29) is 5.91 Å². The number of carbonyl (C=O) groups excluding carboxylic acids is 1. The largest absolute Gasteiger partial charge is 0.492 e. The number of carbonyl (C=O) groups is 1. The average Bonchev–Trinajstić information content (AvgIpc) is 3.36. The van der Waals surface area contributed by atoms with Crippen LogP contribution in [0.2, 0.25) is 10.0 Å². The SMILES string of the molecule is CNCC(=O)N1CCC(c2ccc(Cl)cc2OCCN2CCCC2)CC1.Cc1ccc(C)c(Cl)c1. The van der Waals surface area contributed by atoms with Crippen LogP contribution in [0.25, 0.3) is 0 Å². The van der Waals surface area contributed by atoms with Crippen molar-refractivity contribution in [3.63, 3.8) is 0 Å². The Hall–Kier alpha value is -1.79. The zero-order chi connectivity index (χ0) is 25.2. The number of nitrogens with one attached hydrogen (secondary N) is 1. The number of likely N-dealkylation sites (N-methyl/N-ethyl adjacent to an activating group) is 1. The van der Waals surface area contributed by atoms with Gasteiger partial charge in [0.05, 0.1) is 6.54 Å². The van der Waals surface area contributed by atoms with E-state index in [0.717, 1.165) is 48.8 Å². The monoisotopic (exact) mass is 519 g/mol. The van der Waals surface area contributed by atoms with Crippen molar-refractivity contribution >= 4 is 29.1 Å². The molecule has 0 saturated carbocycles. The van der Waals surface area contributed by atoms with Gasteiger partial charge in [-0.05, 0) is 100 Å². The highest BCUT2D eigenvalue weighted by molar-refractivity contribution is 6.31. The minimum absolute atomic E-state index is 0.184. The summed E-state index contributed by atoms with van der Waals surface area (Å²) in [6, 6.07) is 12.0. The molecule has 5 nitrogen and oxygen atoms in total. The van der Waals surface area contributed by atoms with Gasteiger partial charge in [0.1, 0.15) is 12.4 Å². The van der Waals surface area contributed by atoms with Crippen LogP contribution in [0, 0.1) is 13.8 Å². The van der Waals surface area contributed by atoms with Gasteiger partial charge in [-0.25, -0.2) is 0 Å². The predicted octanol–water partition coefficient (Wildman–Crippen LogP) is 5.70. The fourth-order valence-corrected chi connectivity index (χ4v) is 5.06. The third-order valence-corrected chi connectivity index (χ3v) is 7.42. The second-order valence-electron chi connectivity index (χ2n) is 9.52. The maximum atomic E-state index is 12.0. The quantitative estimate of drug-likeness (QED) is 0.509. The van der Waals surface area contributed by atoms with Crippen molar-refractivity contribution in [3.05, 3.63) is 63.1 Å². The lowest BCUT2D eigenvalue weighted by molar-refractivity contribution is -0.131. The van der Waals surface area contributed by atoms with Crippen LogP contribution in [0.15, 0.2) is 36.4 Å². The topological polar surface area (TPSA) is 44.8 Å². The molecule has 2 aliphatic rings. The first-order valence-corrected chi connectivity index (χ1v) is 13.4. The number of ether oxygens (including phenoxy) is 1. The van der Waals surface area contributed by atoms with Gasteiger partial charge in [-0.15, -0.1) is 0 Å². The van der Waals surface area contributed by atoms with Gasteiger partial charge in [0.2, 0.25) is 5.91 Å². The van der Waals surface area contributed by atoms with E-state index in [1.165, 1.54) is 37.1 Å². The second kappa shape index (κ2) is 14.1. The number of amides is 1. The van der Waals surface area contributed by atoms with E-state index >= 15 is 0 Å². The molecular formula is C28H39Cl2N3O2. The van der Waals surface area contributed by atoms with Crippen LogP contribution >= 0.6 is 23.2 Å². The molecule has 2 fully saturated rings. The average molecular weight is 521 g/mol. The van der Waals surface area contributed by atoms with Crippen molar-refractivity contribution in [2.75, 3.05) is 52.9 Å². The van der Waals surface area contributed by atoms with Gasteiger partial charge in [0, 0.05) is 29.7 Å². The van der Waals surface area contributed by atoms with Gasteiger partial charge in [0.15, 0.2) is 0 Å². The second-order valence-corrected chi connectivity index (χ2v) is 10.4. The Labute approximate surface area is 220 Å². The maximum Gasteiger partial charge on any atom is 0.236 e. The lowest BCUT2D eigenvalue weighted by Gasteiger charge is -2.33. The van der Waals surface area contributed by atoms with E-state index in [1.54, 1.807) is 0 Å². The summed E-state index contributed by atoms with van der Waals surface area (Å²) in [5.74, 6) is 1.52. The molecule has 1 amide bonds. The molecule has 0 unspecified atom stereocenters. The highest BCUT2D eigenvalue weighted by Crippen LogP contribution is 2.36. The minimum Gasteiger partial charge on any atom is -0.492 e. The van der Waals surface area contributed by atoms with E-state index in [2.05, 4.69) is 22.3 Å². The molecule has 0 radical (unpaired) electrons. The molecule has 2 aromatic carbocycles. The molecule has 0 atom stereocenters. The van der Waals surface area contributed by atoms with Crippen molar-refractivity contribution in [2.24, 2.45) is 0 Å². The summed E-state index contributed by atoms with van der Waals surface area (Å²) in [4.78, 5) is 16.4. The smallest absolute Gasteiger partial charge is 0.236 e. The van der Waals surface area contributed by atoms with E-state index < -0.39 is 0 Å². The van der Waals surface area contributed by atoms with Crippen LogP contribution in [0.3, 0.4) is 0 Å². The number of halogens is 2. The third kappa shape index (κ3) is 8.68. The zero-order valence-electron chi connectivity index (χ0n) is 21.3. The van der Waals surface area contributed by atoms with E-state index in [4.69, 9.17) is 27.9 Å². The predicted molar refractivity (Wildman–Crippen MR) is 146 cm³/mol. The Balaban J connectivity index is 0.000000320. The van der Waals surface area contributed by atoms with Gasteiger partial charge in [-0.2, -0.15) is 0 Å². The minimum atomic E-state index is 0.184. The highest BCUT2D eigenvalue weighted by Gasteiger charge is 2.25. The number of piperidine rings is 1. The van der Waals surface area contributed by atoms with Crippen LogP contribution in [0.1, 0.15) is 48.3 Å². The first-order chi connectivity index (χ1) is 16.9. The van der Waals surface area contributed by atoms with Gasteiger partial charge < -0.3 is 15.0 Å². The molecule has 1 N–H and O–H groups in total. The first-order valence-electron chi connectivity index (χ1n) is 12.7. The zero-order valence-corrected chi connectivity index (χ0v) is 22.8. The fourth-order valence-electron chi connectivity index (χ4n) is 4.66. The van der Waals surface area contributed by atoms with Crippen molar-refractivity contribution in [3.8, 4) is 5.75 Å². The summed E-state index contributed by atoms with van der Waals surface area (Å²) >= 11 is 12.0. The number of hydrogen-bond acceptors (Lipinski definition) is 4. The molecule has 0 aliphatic carbocycles. The molecule has 0 spiro atoms. The molecule has 2 aliphatic heterocycles. The lowest BCUT2D eigenvalue weighted by Crippen LogP contribution is -2.41. The van der Waals surface area contributed by atoms with Crippen LogP contribution < -0.4 is 10.1 Å².